The van der Waals surface area contributed by atoms with Crippen LogP contribution in [0.15, 0.2) is 0 Å². The van der Waals surface area contributed by atoms with E-state index in [0.29, 0.717) is 19.3 Å². The van der Waals surface area contributed by atoms with E-state index in [9.17, 15) is 14.4 Å². The Kier molecular flexibility index (Phi) is 48.1. The van der Waals surface area contributed by atoms with Crippen LogP contribution in [-0.4, -0.2) is 37.2 Å². The average Bonchev–Trinajstić information content (AvgIpc) is 3.26. The molecule has 6 heteroatoms. The monoisotopic (exact) mass is 863 g/mol. The molecule has 0 heterocycles. The van der Waals surface area contributed by atoms with Crippen molar-refractivity contribution in [2.75, 3.05) is 13.2 Å². The Labute approximate surface area is 380 Å². The van der Waals surface area contributed by atoms with Crippen molar-refractivity contribution in [2.24, 2.45) is 5.92 Å². The molecule has 0 amide bonds. The molecule has 0 aliphatic carbocycles. The van der Waals surface area contributed by atoms with Gasteiger partial charge in [0.05, 0.1) is 0 Å². The van der Waals surface area contributed by atoms with Crippen LogP contribution in [0.1, 0.15) is 310 Å². The molecule has 0 radical (unpaired) electrons. The van der Waals surface area contributed by atoms with E-state index < -0.39 is 6.10 Å². The van der Waals surface area contributed by atoms with Gasteiger partial charge in [0.2, 0.25) is 0 Å². The van der Waals surface area contributed by atoms with Gasteiger partial charge in [0.1, 0.15) is 13.2 Å². The molecular weight excluding hydrogens is 757 g/mol. The van der Waals surface area contributed by atoms with Gasteiger partial charge in [-0.15, -0.1) is 0 Å². The first-order valence-electron chi connectivity index (χ1n) is 27.4. The highest BCUT2D eigenvalue weighted by molar-refractivity contribution is 5.71. The maximum absolute atomic E-state index is 12.8. The number of hydrogen-bond donors (Lipinski definition) is 0. The number of ether oxygens (including phenoxy) is 3. The van der Waals surface area contributed by atoms with Crippen LogP contribution in [0.2, 0.25) is 0 Å². The molecule has 0 spiro atoms. The van der Waals surface area contributed by atoms with Gasteiger partial charge in [-0.2, -0.15) is 0 Å². The molecule has 6 nitrogen and oxygen atoms in total. The van der Waals surface area contributed by atoms with Crippen molar-refractivity contribution in [1.29, 1.82) is 0 Å². The summed E-state index contributed by atoms with van der Waals surface area (Å²) in [6.07, 6.45) is 52.2. The van der Waals surface area contributed by atoms with Gasteiger partial charge < -0.3 is 14.2 Å². The highest BCUT2D eigenvalue weighted by atomic mass is 16.6. The Morgan fingerprint density at radius 1 is 0.328 bits per heavy atom. The van der Waals surface area contributed by atoms with Crippen LogP contribution in [0.4, 0.5) is 0 Å². The molecule has 0 N–H and O–H groups in total. The highest BCUT2D eigenvalue weighted by Crippen LogP contribution is 2.18. The lowest BCUT2D eigenvalue weighted by Crippen LogP contribution is -2.30. The third kappa shape index (κ3) is 47.7. The molecular formula is C55H106O6. The summed E-state index contributed by atoms with van der Waals surface area (Å²) >= 11 is 0. The van der Waals surface area contributed by atoms with E-state index in [0.717, 1.165) is 63.7 Å². The lowest BCUT2D eigenvalue weighted by molar-refractivity contribution is -0.167. The largest absolute Gasteiger partial charge is 0.462 e. The molecule has 0 bridgehead atoms. The van der Waals surface area contributed by atoms with Gasteiger partial charge in [-0.25, -0.2) is 0 Å². The molecule has 0 aromatic heterocycles. The molecule has 0 saturated carbocycles. The summed E-state index contributed by atoms with van der Waals surface area (Å²) in [7, 11) is 0. The minimum Gasteiger partial charge on any atom is -0.462 e. The third-order valence-electron chi connectivity index (χ3n) is 12.9. The summed E-state index contributed by atoms with van der Waals surface area (Å²) in [5, 5.41) is 0. The van der Waals surface area contributed by atoms with Gasteiger partial charge in [-0.05, 0) is 25.2 Å². The van der Waals surface area contributed by atoms with Crippen LogP contribution in [0.25, 0.3) is 0 Å². The summed E-state index contributed by atoms with van der Waals surface area (Å²) in [5.41, 5.74) is 0. The van der Waals surface area contributed by atoms with Crippen LogP contribution in [-0.2, 0) is 28.6 Å². The fraction of sp³-hybridized carbons (Fsp3) is 0.945. The second-order valence-electron chi connectivity index (χ2n) is 19.1. The van der Waals surface area contributed by atoms with Crippen molar-refractivity contribution in [2.45, 2.75) is 316 Å². The first-order chi connectivity index (χ1) is 29.9. The Balaban J connectivity index is 4.29. The van der Waals surface area contributed by atoms with E-state index >= 15 is 0 Å². The molecule has 2 atom stereocenters. The first-order valence-corrected chi connectivity index (χ1v) is 27.4. The van der Waals surface area contributed by atoms with Crippen molar-refractivity contribution in [3.05, 3.63) is 0 Å². The average molecular weight is 863 g/mol. The summed E-state index contributed by atoms with van der Waals surface area (Å²) < 4.78 is 16.8. The van der Waals surface area contributed by atoms with Crippen molar-refractivity contribution in [1.82, 2.24) is 0 Å². The highest BCUT2D eigenvalue weighted by Gasteiger charge is 2.19. The van der Waals surface area contributed by atoms with Crippen LogP contribution < -0.4 is 0 Å². The third-order valence-corrected chi connectivity index (χ3v) is 12.9. The molecule has 0 rings (SSSR count). The van der Waals surface area contributed by atoms with Gasteiger partial charge in [0.15, 0.2) is 6.10 Å². The number of hydrogen-bond acceptors (Lipinski definition) is 6. The van der Waals surface area contributed by atoms with Gasteiger partial charge in [-0.3, -0.25) is 14.4 Å². The van der Waals surface area contributed by atoms with E-state index in [-0.39, 0.29) is 31.1 Å². The van der Waals surface area contributed by atoms with Crippen molar-refractivity contribution >= 4 is 17.9 Å². The van der Waals surface area contributed by atoms with E-state index in [1.165, 1.54) is 205 Å². The Morgan fingerprint density at radius 2 is 0.574 bits per heavy atom. The van der Waals surface area contributed by atoms with Crippen LogP contribution in [0.3, 0.4) is 0 Å². The van der Waals surface area contributed by atoms with Gasteiger partial charge in [0, 0.05) is 19.3 Å². The SMILES string of the molecule is CCCCCCCCCCCCCCCC(=O)OC[C@@H](COC(=O)CCCCCCCCCCCCCC)OC(=O)CCCCCCCCCCCCCCCCC(C)CC. The first kappa shape index (κ1) is 59.4. The van der Waals surface area contributed by atoms with Crippen LogP contribution in [0, 0.1) is 5.92 Å². The predicted molar refractivity (Wildman–Crippen MR) is 261 cm³/mol. The molecule has 0 aliphatic rings. The lowest BCUT2D eigenvalue weighted by Gasteiger charge is -2.18. The molecule has 0 fully saturated rings. The zero-order valence-electron chi connectivity index (χ0n) is 41.6. The van der Waals surface area contributed by atoms with E-state index in [2.05, 4.69) is 27.7 Å². The van der Waals surface area contributed by atoms with E-state index in [4.69, 9.17) is 14.2 Å². The van der Waals surface area contributed by atoms with Crippen molar-refractivity contribution in [3.8, 4) is 0 Å². The quantitative estimate of drug-likeness (QED) is 0.0344. The maximum Gasteiger partial charge on any atom is 0.306 e. The number of carbonyl (C=O) groups excluding carboxylic acids is 3. The topological polar surface area (TPSA) is 78.9 Å². The van der Waals surface area contributed by atoms with Crippen molar-refractivity contribution in [3.63, 3.8) is 0 Å². The number of unbranched alkanes of at least 4 members (excludes halogenated alkanes) is 36. The van der Waals surface area contributed by atoms with Crippen LogP contribution >= 0.6 is 0 Å². The van der Waals surface area contributed by atoms with Crippen LogP contribution in [0.5, 0.6) is 0 Å². The minimum atomic E-state index is -0.761. The zero-order chi connectivity index (χ0) is 44.5. The summed E-state index contributed by atoms with van der Waals surface area (Å²) in [6.45, 7) is 9.08. The summed E-state index contributed by atoms with van der Waals surface area (Å²) in [4.78, 5) is 38.0. The fourth-order valence-corrected chi connectivity index (χ4v) is 8.36. The molecule has 61 heavy (non-hydrogen) atoms. The second kappa shape index (κ2) is 49.4. The van der Waals surface area contributed by atoms with Gasteiger partial charge in [0.25, 0.3) is 0 Å². The molecule has 0 aliphatic heterocycles. The maximum atomic E-state index is 12.8. The van der Waals surface area contributed by atoms with Gasteiger partial charge in [-0.1, -0.05) is 272 Å². The number of carbonyl (C=O) groups is 3. The Hall–Kier alpha value is -1.59. The van der Waals surface area contributed by atoms with Crippen molar-refractivity contribution < 1.29 is 28.6 Å². The fourth-order valence-electron chi connectivity index (χ4n) is 8.36. The predicted octanol–water partition coefficient (Wildman–Crippen LogP) is 17.8. The Morgan fingerprint density at radius 3 is 0.852 bits per heavy atom. The molecule has 1 unspecified atom stereocenters. The Bertz CT molecular complexity index is 920. The summed E-state index contributed by atoms with van der Waals surface area (Å²) in [5.74, 6) is 0.0548. The number of esters is 3. The molecule has 0 aromatic rings. The number of rotatable bonds is 50. The standard InChI is InChI=1S/C55H106O6/c1-5-8-10-12-14-16-18-22-27-31-35-39-43-47-54(57)60-50-52(49-59-53(56)46-42-38-34-30-26-19-17-15-13-11-9-6-2)61-55(58)48-44-40-36-32-28-24-21-20-23-25-29-33-37-41-45-51(4)7-3/h51-52H,5-50H2,1-4H3/t51?,52-/m1/s1. The summed E-state index contributed by atoms with van der Waals surface area (Å²) in [6, 6.07) is 0. The minimum absolute atomic E-state index is 0.0622. The van der Waals surface area contributed by atoms with E-state index in [1.807, 2.05) is 0 Å². The smallest absolute Gasteiger partial charge is 0.306 e. The zero-order valence-corrected chi connectivity index (χ0v) is 41.6. The molecule has 0 saturated heterocycles. The van der Waals surface area contributed by atoms with E-state index in [1.54, 1.807) is 0 Å². The normalized spacial score (nSPS) is 12.4. The molecule has 362 valence electrons. The lowest BCUT2D eigenvalue weighted by atomic mass is 9.99. The van der Waals surface area contributed by atoms with Gasteiger partial charge >= 0.3 is 17.9 Å². The second-order valence-corrected chi connectivity index (χ2v) is 19.1. The molecule has 0 aromatic carbocycles.